The lowest BCUT2D eigenvalue weighted by Gasteiger charge is -2.09. The highest BCUT2D eigenvalue weighted by molar-refractivity contribution is 6.34. The van der Waals surface area contributed by atoms with Crippen LogP contribution in [0.25, 0.3) is 0 Å². The average molecular weight is 277 g/mol. The lowest BCUT2D eigenvalue weighted by Crippen LogP contribution is -2.15. The fourth-order valence-electron chi connectivity index (χ4n) is 2.25. The minimum atomic E-state index is -0.472. The second kappa shape index (κ2) is 4.67. The normalized spacial score (nSPS) is 16.8. The summed E-state index contributed by atoms with van der Waals surface area (Å²) in [6, 6.07) is 11.2. The van der Waals surface area contributed by atoms with Crippen LogP contribution in [0.15, 0.2) is 42.5 Å². The zero-order valence-corrected chi connectivity index (χ0v) is 10.7. The van der Waals surface area contributed by atoms with Crippen molar-refractivity contribution in [3.8, 4) is 5.75 Å². The summed E-state index contributed by atoms with van der Waals surface area (Å²) >= 11 is 5.97. The van der Waals surface area contributed by atoms with E-state index in [1.165, 1.54) is 18.2 Å². The van der Waals surface area contributed by atoms with E-state index in [-0.39, 0.29) is 23.0 Å². The van der Waals surface area contributed by atoms with E-state index in [9.17, 15) is 9.18 Å². The summed E-state index contributed by atoms with van der Waals surface area (Å²) in [5.41, 5.74) is 1.03. The second-order valence-electron chi connectivity index (χ2n) is 4.39. The number of ether oxygens (including phenoxy) is 1. The van der Waals surface area contributed by atoms with E-state index >= 15 is 0 Å². The van der Waals surface area contributed by atoms with E-state index in [2.05, 4.69) is 0 Å². The molecule has 1 aliphatic heterocycles. The maximum absolute atomic E-state index is 13.2. The van der Waals surface area contributed by atoms with Gasteiger partial charge in [0.15, 0.2) is 5.78 Å². The number of ketones is 1. The summed E-state index contributed by atoms with van der Waals surface area (Å²) in [6.45, 7) is 0.269. The van der Waals surface area contributed by atoms with Crippen LogP contribution in [0.1, 0.15) is 21.8 Å². The predicted octanol–water partition coefficient (Wildman–Crippen LogP) is 3.84. The van der Waals surface area contributed by atoms with Gasteiger partial charge >= 0.3 is 0 Å². The Bertz CT molecular complexity index is 654. The van der Waals surface area contributed by atoms with E-state index in [0.717, 1.165) is 5.56 Å². The summed E-state index contributed by atoms with van der Waals surface area (Å²) in [5.74, 6) is -0.404. The van der Waals surface area contributed by atoms with Crippen molar-refractivity contribution >= 4 is 17.4 Å². The first-order chi connectivity index (χ1) is 9.16. The number of carbonyl (C=O) groups is 1. The summed E-state index contributed by atoms with van der Waals surface area (Å²) < 4.78 is 18.7. The van der Waals surface area contributed by atoms with Crippen LogP contribution in [0.3, 0.4) is 0 Å². The van der Waals surface area contributed by atoms with E-state index in [1.54, 1.807) is 0 Å². The smallest absolute Gasteiger partial charge is 0.175 e. The lowest BCUT2D eigenvalue weighted by molar-refractivity contribution is 0.0947. The Kier molecular flexibility index (Phi) is 2.99. The largest absolute Gasteiger partial charge is 0.492 e. The number of Topliss-reactive ketones (excluding diaryl/α,β-unsaturated/α-hetero) is 1. The van der Waals surface area contributed by atoms with Crippen molar-refractivity contribution in [1.82, 2.24) is 0 Å². The third-order valence-corrected chi connectivity index (χ3v) is 3.54. The van der Waals surface area contributed by atoms with Gasteiger partial charge in [0.25, 0.3) is 0 Å². The van der Waals surface area contributed by atoms with Gasteiger partial charge in [0.2, 0.25) is 0 Å². The molecule has 0 saturated heterocycles. The third-order valence-electron chi connectivity index (χ3n) is 3.21. The molecule has 2 nitrogen and oxygen atoms in total. The number of hydrogen-bond donors (Lipinski definition) is 0. The molecule has 0 aromatic heterocycles. The van der Waals surface area contributed by atoms with E-state index < -0.39 is 11.7 Å². The summed E-state index contributed by atoms with van der Waals surface area (Å²) in [7, 11) is 0. The summed E-state index contributed by atoms with van der Waals surface area (Å²) in [6.07, 6.45) is 0. The van der Waals surface area contributed by atoms with Gasteiger partial charge in [0.05, 0.1) is 10.9 Å². The molecule has 0 fully saturated rings. The van der Waals surface area contributed by atoms with Gasteiger partial charge in [-0.05, 0) is 24.3 Å². The number of fused-ring (bicyclic) bond motifs is 1. The topological polar surface area (TPSA) is 26.3 Å². The lowest BCUT2D eigenvalue weighted by atomic mass is 9.92. The van der Waals surface area contributed by atoms with Gasteiger partial charge in [0, 0.05) is 11.1 Å². The van der Waals surface area contributed by atoms with Gasteiger partial charge in [-0.1, -0.05) is 29.8 Å². The highest BCUT2D eigenvalue weighted by atomic mass is 35.5. The van der Waals surface area contributed by atoms with Crippen LogP contribution in [0.2, 0.25) is 5.02 Å². The Labute approximate surface area is 114 Å². The van der Waals surface area contributed by atoms with Crippen LogP contribution in [0.5, 0.6) is 5.75 Å². The molecule has 2 aromatic carbocycles. The Morgan fingerprint density at radius 2 is 2.05 bits per heavy atom. The molecule has 4 heteroatoms. The molecule has 0 spiro atoms. The molecule has 0 amide bonds. The van der Waals surface area contributed by atoms with E-state index in [4.69, 9.17) is 16.3 Å². The fraction of sp³-hybridized carbons (Fsp3) is 0.133. The molecule has 1 atom stereocenters. The Morgan fingerprint density at radius 3 is 2.89 bits per heavy atom. The summed E-state index contributed by atoms with van der Waals surface area (Å²) in [4.78, 5) is 12.5. The Balaban J connectivity index is 2.00. The first kappa shape index (κ1) is 12.2. The second-order valence-corrected chi connectivity index (χ2v) is 4.80. The number of benzene rings is 2. The molecule has 0 radical (unpaired) electrons. The first-order valence-electron chi connectivity index (χ1n) is 5.88. The zero-order chi connectivity index (χ0) is 13.4. The van der Waals surface area contributed by atoms with Crippen molar-refractivity contribution in [3.05, 3.63) is 64.4 Å². The molecule has 19 heavy (non-hydrogen) atoms. The minimum absolute atomic E-state index is 0.201. The molecule has 0 bridgehead atoms. The predicted molar refractivity (Wildman–Crippen MR) is 70.4 cm³/mol. The number of carbonyl (C=O) groups excluding carboxylic acids is 1. The average Bonchev–Trinajstić information content (AvgIpc) is 2.84. The molecule has 1 heterocycles. The van der Waals surface area contributed by atoms with Crippen LogP contribution in [0.4, 0.5) is 4.39 Å². The molecular formula is C15H10ClFO2. The first-order valence-corrected chi connectivity index (χ1v) is 6.25. The van der Waals surface area contributed by atoms with Crippen molar-refractivity contribution in [1.29, 1.82) is 0 Å². The fourth-order valence-corrected chi connectivity index (χ4v) is 2.46. The molecule has 0 aliphatic carbocycles. The Morgan fingerprint density at radius 1 is 1.26 bits per heavy atom. The van der Waals surface area contributed by atoms with Gasteiger partial charge < -0.3 is 4.74 Å². The van der Waals surface area contributed by atoms with Gasteiger partial charge in [-0.15, -0.1) is 0 Å². The van der Waals surface area contributed by atoms with Crippen LogP contribution >= 0.6 is 11.6 Å². The van der Waals surface area contributed by atoms with Crippen molar-refractivity contribution in [2.75, 3.05) is 6.61 Å². The third kappa shape index (κ3) is 2.10. The van der Waals surface area contributed by atoms with E-state index in [1.807, 2.05) is 24.3 Å². The maximum Gasteiger partial charge on any atom is 0.175 e. The standard InChI is InChI=1S/C15H10ClFO2/c16-13-6-5-9(17)7-11(13)15(18)12-8-19-14-4-2-1-3-10(12)14/h1-7,12H,8H2. The molecule has 2 aromatic rings. The molecule has 1 aliphatic rings. The van der Waals surface area contributed by atoms with Gasteiger partial charge in [-0.3, -0.25) is 4.79 Å². The monoisotopic (exact) mass is 276 g/mol. The van der Waals surface area contributed by atoms with Gasteiger partial charge in [0.1, 0.15) is 18.2 Å². The van der Waals surface area contributed by atoms with Gasteiger partial charge in [-0.25, -0.2) is 4.39 Å². The minimum Gasteiger partial charge on any atom is -0.492 e. The summed E-state index contributed by atoms with van der Waals surface area (Å²) in [5, 5.41) is 0.260. The molecular weight excluding hydrogens is 267 g/mol. The number of halogens is 2. The zero-order valence-electron chi connectivity index (χ0n) is 9.90. The molecule has 1 unspecified atom stereocenters. The van der Waals surface area contributed by atoms with Crippen LogP contribution in [-0.4, -0.2) is 12.4 Å². The van der Waals surface area contributed by atoms with Crippen LogP contribution in [-0.2, 0) is 0 Å². The number of hydrogen-bond acceptors (Lipinski definition) is 2. The molecule has 3 rings (SSSR count). The highest BCUT2D eigenvalue weighted by Crippen LogP contribution is 2.36. The van der Waals surface area contributed by atoms with Crippen LogP contribution in [0, 0.1) is 5.82 Å². The highest BCUT2D eigenvalue weighted by Gasteiger charge is 2.31. The van der Waals surface area contributed by atoms with Crippen molar-refractivity contribution < 1.29 is 13.9 Å². The van der Waals surface area contributed by atoms with Gasteiger partial charge in [-0.2, -0.15) is 0 Å². The molecule has 96 valence electrons. The van der Waals surface area contributed by atoms with Crippen molar-refractivity contribution in [2.24, 2.45) is 0 Å². The Hall–Kier alpha value is -1.87. The SMILES string of the molecule is O=C(c1cc(F)ccc1Cl)C1COc2ccccc21. The number of para-hydroxylation sites is 1. The van der Waals surface area contributed by atoms with Crippen molar-refractivity contribution in [2.45, 2.75) is 5.92 Å². The quantitative estimate of drug-likeness (QED) is 0.779. The van der Waals surface area contributed by atoms with Crippen molar-refractivity contribution in [3.63, 3.8) is 0 Å². The number of rotatable bonds is 2. The molecule has 0 N–H and O–H groups in total. The molecule has 0 saturated carbocycles. The van der Waals surface area contributed by atoms with Crippen LogP contribution < -0.4 is 4.74 Å². The maximum atomic E-state index is 13.2. The van der Waals surface area contributed by atoms with E-state index in [0.29, 0.717) is 5.75 Å².